The molecule has 0 fully saturated rings. The predicted octanol–water partition coefficient (Wildman–Crippen LogP) is 3.75. The predicted molar refractivity (Wildman–Crippen MR) is 69.6 cm³/mol. The number of thiazole rings is 1. The van der Waals surface area contributed by atoms with Crippen molar-refractivity contribution < 1.29 is 27.8 Å². The molecule has 0 aliphatic carbocycles. The van der Waals surface area contributed by atoms with Crippen LogP contribution < -0.4 is 4.74 Å². The summed E-state index contributed by atoms with van der Waals surface area (Å²) in [6.07, 6.45) is -3.16. The number of carboxylic acids is 1. The first-order valence-electron chi connectivity index (χ1n) is 5.76. The Kier molecular flexibility index (Phi) is 4.17. The van der Waals surface area contributed by atoms with E-state index >= 15 is 0 Å². The van der Waals surface area contributed by atoms with Crippen LogP contribution in [0, 0.1) is 6.92 Å². The van der Waals surface area contributed by atoms with Gasteiger partial charge in [0.05, 0.1) is 21.0 Å². The third-order valence-corrected chi connectivity index (χ3v) is 3.46. The molecule has 8 heteroatoms. The van der Waals surface area contributed by atoms with Gasteiger partial charge in [0.2, 0.25) is 0 Å². The highest BCUT2D eigenvalue weighted by Gasteiger charge is 2.35. The van der Waals surface area contributed by atoms with Crippen molar-refractivity contribution in [3.8, 4) is 5.75 Å². The van der Waals surface area contributed by atoms with E-state index in [1.54, 1.807) is 6.92 Å². The second-order valence-electron chi connectivity index (χ2n) is 4.15. The number of alkyl halides is 3. The Balaban J connectivity index is 2.27. The summed E-state index contributed by atoms with van der Waals surface area (Å²) in [5.74, 6) is -1.83. The van der Waals surface area contributed by atoms with Gasteiger partial charge in [0.25, 0.3) is 0 Å². The van der Waals surface area contributed by atoms with Crippen LogP contribution in [0.25, 0.3) is 0 Å². The summed E-state index contributed by atoms with van der Waals surface area (Å²) in [5.41, 5.74) is -1.55. The van der Waals surface area contributed by atoms with E-state index < -0.39 is 29.0 Å². The monoisotopic (exact) mass is 317 g/mol. The first-order valence-corrected chi connectivity index (χ1v) is 6.57. The number of ether oxygens (including phenoxy) is 1. The molecule has 0 unspecified atom stereocenters. The first-order chi connectivity index (χ1) is 9.77. The molecule has 0 spiro atoms. The normalized spacial score (nSPS) is 11.4. The van der Waals surface area contributed by atoms with Crippen molar-refractivity contribution in [2.75, 3.05) is 0 Å². The van der Waals surface area contributed by atoms with Crippen molar-refractivity contribution in [3.05, 3.63) is 45.4 Å². The third kappa shape index (κ3) is 3.72. The Labute approximate surface area is 121 Å². The Morgan fingerprint density at radius 1 is 1.43 bits per heavy atom. The lowest BCUT2D eigenvalue weighted by molar-refractivity contribution is -0.139. The largest absolute Gasteiger partial charge is 0.487 e. The second kappa shape index (κ2) is 5.72. The van der Waals surface area contributed by atoms with Gasteiger partial charge in [0.15, 0.2) is 0 Å². The lowest BCUT2D eigenvalue weighted by Crippen LogP contribution is -2.10. The average molecular weight is 317 g/mol. The Morgan fingerprint density at radius 2 is 2.14 bits per heavy atom. The molecule has 112 valence electrons. The molecule has 0 bridgehead atoms. The van der Waals surface area contributed by atoms with Crippen LogP contribution in [0.15, 0.2) is 24.4 Å². The Hall–Kier alpha value is -2.09. The van der Waals surface area contributed by atoms with Crippen LogP contribution in [0.2, 0.25) is 0 Å². The van der Waals surface area contributed by atoms with Crippen LogP contribution in [0.1, 0.15) is 25.8 Å². The SMILES string of the molecule is Cc1ncc(COc2ccc(C(=O)O)cc2C(F)(F)F)s1. The van der Waals surface area contributed by atoms with E-state index in [0.29, 0.717) is 10.9 Å². The zero-order valence-corrected chi connectivity index (χ0v) is 11.6. The maximum atomic E-state index is 12.9. The van der Waals surface area contributed by atoms with Gasteiger partial charge >= 0.3 is 12.1 Å². The smallest absolute Gasteiger partial charge is 0.419 e. The molecule has 0 radical (unpaired) electrons. The lowest BCUT2D eigenvalue weighted by Gasteiger charge is -2.14. The van der Waals surface area contributed by atoms with Gasteiger partial charge in [-0.3, -0.25) is 0 Å². The fourth-order valence-corrected chi connectivity index (χ4v) is 2.34. The number of carbonyl (C=O) groups is 1. The van der Waals surface area contributed by atoms with E-state index in [0.717, 1.165) is 17.1 Å². The van der Waals surface area contributed by atoms with Crippen molar-refractivity contribution >= 4 is 17.3 Å². The maximum Gasteiger partial charge on any atom is 0.419 e. The van der Waals surface area contributed by atoms with E-state index in [2.05, 4.69) is 4.98 Å². The number of aromatic carboxylic acids is 1. The standard InChI is InChI=1S/C13H10F3NO3S/c1-7-17-5-9(21-7)6-20-11-3-2-8(12(18)19)4-10(11)13(14,15)16/h2-5H,6H2,1H3,(H,18,19). The van der Waals surface area contributed by atoms with Crippen LogP contribution >= 0.6 is 11.3 Å². The number of hydrogen-bond donors (Lipinski definition) is 1. The molecule has 0 aliphatic heterocycles. The van der Waals surface area contributed by atoms with Crippen molar-refractivity contribution in [1.82, 2.24) is 4.98 Å². The summed E-state index contributed by atoms with van der Waals surface area (Å²) in [6.45, 7) is 1.72. The number of carboxylic acid groups (broad SMARTS) is 1. The molecule has 0 saturated carbocycles. The van der Waals surface area contributed by atoms with Gasteiger partial charge in [-0.1, -0.05) is 0 Å². The average Bonchev–Trinajstić information content (AvgIpc) is 2.81. The van der Waals surface area contributed by atoms with Gasteiger partial charge in [0.1, 0.15) is 12.4 Å². The minimum absolute atomic E-state index is 0.0546. The molecule has 1 aromatic carbocycles. The van der Waals surface area contributed by atoms with Crippen molar-refractivity contribution in [2.45, 2.75) is 19.7 Å². The zero-order chi connectivity index (χ0) is 15.6. The van der Waals surface area contributed by atoms with Gasteiger partial charge in [-0.15, -0.1) is 11.3 Å². The van der Waals surface area contributed by atoms with Gasteiger partial charge < -0.3 is 9.84 Å². The molecule has 1 heterocycles. The minimum atomic E-state index is -4.69. The topological polar surface area (TPSA) is 59.4 Å². The molecule has 1 N–H and O–H groups in total. The molecule has 2 rings (SSSR count). The molecule has 0 amide bonds. The molecule has 1 aromatic heterocycles. The van der Waals surface area contributed by atoms with Crippen LogP contribution in [0.3, 0.4) is 0 Å². The van der Waals surface area contributed by atoms with Crippen LogP contribution in [-0.4, -0.2) is 16.1 Å². The van der Waals surface area contributed by atoms with E-state index in [9.17, 15) is 18.0 Å². The van der Waals surface area contributed by atoms with Crippen LogP contribution in [-0.2, 0) is 12.8 Å². The highest BCUT2D eigenvalue weighted by Crippen LogP contribution is 2.37. The molecule has 0 atom stereocenters. The Morgan fingerprint density at radius 3 is 2.67 bits per heavy atom. The van der Waals surface area contributed by atoms with Crippen molar-refractivity contribution in [2.24, 2.45) is 0 Å². The van der Waals surface area contributed by atoms with Crippen LogP contribution in [0.5, 0.6) is 5.75 Å². The van der Waals surface area contributed by atoms with Gasteiger partial charge in [-0.25, -0.2) is 9.78 Å². The first kappa shape index (κ1) is 15.3. The second-order valence-corrected chi connectivity index (χ2v) is 5.47. The Bertz CT molecular complexity index is 667. The van der Waals surface area contributed by atoms with Gasteiger partial charge in [-0.2, -0.15) is 13.2 Å². The molecular formula is C13H10F3NO3S. The van der Waals surface area contributed by atoms with E-state index in [1.165, 1.54) is 17.5 Å². The van der Waals surface area contributed by atoms with E-state index in [-0.39, 0.29) is 6.61 Å². The molecular weight excluding hydrogens is 307 g/mol. The quantitative estimate of drug-likeness (QED) is 0.933. The van der Waals surface area contributed by atoms with Crippen LogP contribution in [0.4, 0.5) is 13.2 Å². The summed E-state index contributed by atoms with van der Waals surface area (Å²) >= 11 is 1.32. The summed E-state index contributed by atoms with van der Waals surface area (Å²) < 4.78 is 44.0. The number of aromatic nitrogens is 1. The lowest BCUT2D eigenvalue weighted by atomic mass is 10.1. The number of halogens is 3. The molecule has 21 heavy (non-hydrogen) atoms. The number of aryl methyl sites for hydroxylation is 1. The number of hydrogen-bond acceptors (Lipinski definition) is 4. The van der Waals surface area contributed by atoms with Crippen molar-refractivity contribution in [3.63, 3.8) is 0 Å². The van der Waals surface area contributed by atoms with Gasteiger partial charge in [-0.05, 0) is 25.1 Å². The summed E-state index contributed by atoms with van der Waals surface area (Å²) in [7, 11) is 0. The van der Waals surface area contributed by atoms with E-state index in [4.69, 9.17) is 9.84 Å². The number of nitrogens with zero attached hydrogens (tertiary/aromatic N) is 1. The minimum Gasteiger partial charge on any atom is -0.487 e. The maximum absolute atomic E-state index is 12.9. The van der Waals surface area contributed by atoms with E-state index in [1.807, 2.05) is 0 Å². The molecule has 2 aromatic rings. The number of rotatable bonds is 4. The highest BCUT2D eigenvalue weighted by atomic mass is 32.1. The fraction of sp³-hybridized carbons (Fsp3) is 0.231. The molecule has 0 saturated heterocycles. The van der Waals surface area contributed by atoms with Crippen molar-refractivity contribution in [1.29, 1.82) is 0 Å². The molecule has 4 nitrogen and oxygen atoms in total. The summed E-state index contributed by atoms with van der Waals surface area (Å²) in [4.78, 5) is 15.4. The zero-order valence-electron chi connectivity index (χ0n) is 10.8. The number of benzene rings is 1. The molecule has 0 aliphatic rings. The van der Waals surface area contributed by atoms with Gasteiger partial charge in [0, 0.05) is 6.20 Å². The summed E-state index contributed by atoms with van der Waals surface area (Å²) in [6, 6.07) is 2.65. The third-order valence-electron chi connectivity index (χ3n) is 2.57. The highest BCUT2D eigenvalue weighted by molar-refractivity contribution is 7.11. The summed E-state index contributed by atoms with van der Waals surface area (Å²) in [5, 5.41) is 9.54. The fourth-order valence-electron chi connectivity index (χ4n) is 1.63.